The van der Waals surface area contributed by atoms with E-state index < -0.39 is 0 Å². The van der Waals surface area contributed by atoms with Gasteiger partial charge in [0.25, 0.3) is 0 Å². The molecule has 1 aromatic carbocycles. The minimum Gasteiger partial charge on any atom is -0.374 e. The number of benzene rings is 1. The van der Waals surface area contributed by atoms with Crippen molar-refractivity contribution in [1.29, 1.82) is 0 Å². The van der Waals surface area contributed by atoms with Crippen LogP contribution in [0.4, 0.5) is 0 Å². The Hall–Kier alpha value is -0.380. The second kappa shape index (κ2) is 8.03. The molecule has 0 heterocycles. The fourth-order valence-electron chi connectivity index (χ4n) is 2.39. The normalized spacial score (nSPS) is 16.1. The van der Waals surface area contributed by atoms with E-state index in [1.165, 1.54) is 5.56 Å². The van der Waals surface area contributed by atoms with Gasteiger partial charge in [0.05, 0.1) is 5.60 Å². The second-order valence-corrected chi connectivity index (χ2v) is 5.96. The Morgan fingerprint density at radius 1 is 1.21 bits per heavy atom. The average Bonchev–Trinajstić information content (AvgIpc) is 2.41. The highest BCUT2D eigenvalue weighted by atomic mass is 79.9. The summed E-state index contributed by atoms with van der Waals surface area (Å²) < 4.78 is 7.14. The molecular weight excluding hydrogens is 302 g/mol. The van der Waals surface area contributed by atoms with Crippen LogP contribution in [0, 0.1) is 0 Å². The van der Waals surface area contributed by atoms with Crippen molar-refractivity contribution in [3.05, 3.63) is 34.3 Å². The number of halogens is 1. The highest BCUT2D eigenvalue weighted by molar-refractivity contribution is 9.10. The number of likely N-dealkylation sites (N-methyl/N-ethyl adjacent to an activating group) is 1. The van der Waals surface area contributed by atoms with E-state index in [4.69, 9.17) is 4.74 Å². The van der Waals surface area contributed by atoms with Crippen molar-refractivity contribution >= 4 is 15.9 Å². The van der Waals surface area contributed by atoms with Gasteiger partial charge in [0.1, 0.15) is 0 Å². The highest BCUT2D eigenvalue weighted by Gasteiger charge is 2.32. The SMILES string of the molecule is CCNC(Cc1ccc(Br)cc1)C(C)(CC)OCC. The van der Waals surface area contributed by atoms with Gasteiger partial charge in [-0.25, -0.2) is 0 Å². The standard InChI is InChI=1S/C16H26BrNO/c1-5-16(4,19-7-3)15(18-6-2)12-13-8-10-14(17)11-9-13/h8-11,15,18H,5-7,12H2,1-4H3. The Morgan fingerprint density at radius 2 is 1.84 bits per heavy atom. The quantitative estimate of drug-likeness (QED) is 0.773. The van der Waals surface area contributed by atoms with E-state index >= 15 is 0 Å². The van der Waals surface area contributed by atoms with Crippen LogP contribution in [0.2, 0.25) is 0 Å². The van der Waals surface area contributed by atoms with E-state index in [2.05, 4.69) is 73.2 Å². The molecule has 0 aromatic heterocycles. The van der Waals surface area contributed by atoms with Crippen molar-refractivity contribution in [2.45, 2.75) is 52.2 Å². The zero-order valence-electron chi connectivity index (χ0n) is 12.5. The van der Waals surface area contributed by atoms with E-state index in [0.29, 0.717) is 6.04 Å². The molecule has 0 bridgehead atoms. The van der Waals surface area contributed by atoms with Gasteiger partial charge in [-0.05, 0) is 50.9 Å². The molecule has 108 valence electrons. The summed E-state index contributed by atoms with van der Waals surface area (Å²) in [4.78, 5) is 0. The Labute approximate surface area is 126 Å². The van der Waals surface area contributed by atoms with Crippen molar-refractivity contribution in [3.8, 4) is 0 Å². The smallest absolute Gasteiger partial charge is 0.0807 e. The molecule has 3 heteroatoms. The third-order valence-corrected chi connectivity index (χ3v) is 4.25. The summed E-state index contributed by atoms with van der Waals surface area (Å²) in [6.45, 7) is 10.3. The molecule has 0 radical (unpaired) electrons. The molecule has 2 unspecified atom stereocenters. The van der Waals surface area contributed by atoms with Crippen LogP contribution in [-0.4, -0.2) is 24.8 Å². The fraction of sp³-hybridized carbons (Fsp3) is 0.625. The van der Waals surface area contributed by atoms with Crippen molar-refractivity contribution < 1.29 is 4.74 Å². The summed E-state index contributed by atoms with van der Waals surface area (Å²) in [6, 6.07) is 8.89. The minimum absolute atomic E-state index is 0.113. The van der Waals surface area contributed by atoms with Crippen LogP contribution in [0.25, 0.3) is 0 Å². The lowest BCUT2D eigenvalue weighted by Crippen LogP contribution is -2.51. The van der Waals surface area contributed by atoms with Crippen LogP contribution >= 0.6 is 15.9 Å². The highest BCUT2D eigenvalue weighted by Crippen LogP contribution is 2.24. The van der Waals surface area contributed by atoms with Crippen LogP contribution in [-0.2, 0) is 11.2 Å². The molecule has 1 aromatic rings. The first-order chi connectivity index (χ1) is 9.05. The molecular formula is C16H26BrNO. The molecule has 0 saturated carbocycles. The molecule has 2 nitrogen and oxygen atoms in total. The predicted molar refractivity (Wildman–Crippen MR) is 85.6 cm³/mol. The molecule has 0 saturated heterocycles. The van der Waals surface area contributed by atoms with Gasteiger partial charge in [0, 0.05) is 17.1 Å². The first kappa shape index (κ1) is 16.7. The van der Waals surface area contributed by atoms with Crippen LogP contribution in [0.5, 0.6) is 0 Å². The first-order valence-electron chi connectivity index (χ1n) is 7.17. The Bertz CT molecular complexity index is 366. The number of rotatable bonds is 8. The Kier molecular flexibility index (Phi) is 7.05. The van der Waals surface area contributed by atoms with Crippen molar-refractivity contribution in [1.82, 2.24) is 5.32 Å². The first-order valence-corrected chi connectivity index (χ1v) is 7.96. The maximum Gasteiger partial charge on any atom is 0.0807 e. The zero-order chi connectivity index (χ0) is 14.3. The van der Waals surface area contributed by atoms with E-state index in [-0.39, 0.29) is 5.60 Å². The molecule has 0 amide bonds. The van der Waals surface area contributed by atoms with E-state index in [9.17, 15) is 0 Å². The average molecular weight is 328 g/mol. The van der Waals surface area contributed by atoms with Gasteiger partial charge in [-0.3, -0.25) is 0 Å². The summed E-state index contributed by atoms with van der Waals surface area (Å²) in [5.41, 5.74) is 1.23. The third kappa shape index (κ3) is 4.90. The van der Waals surface area contributed by atoms with Gasteiger partial charge in [-0.15, -0.1) is 0 Å². The molecule has 19 heavy (non-hydrogen) atoms. The Balaban J connectivity index is 2.84. The molecule has 1 rings (SSSR count). The van der Waals surface area contributed by atoms with Gasteiger partial charge in [-0.1, -0.05) is 41.9 Å². The third-order valence-electron chi connectivity index (χ3n) is 3.72. The molecule has 0 fully saturated rings. The number of hydrogen-bond donors (Lipinski definition) is 1. The number of nitrogens with one attached hydrogen (secondary N) is 1. The maximum atomic E-state index is 6.02. The van der Waals surface area contributed by atoms with E-state index in [1.807, 2.05) is 0 Å². The number of hydrogen-bond acceptors (Lipinski definition) is 2. The van der Waals surface area contributed by atoms with Gasteiger partial charge < -0.3 is 10.1 Å². The predicted octanol–water partition coefficient (Wildman–Crippen LogP) is 4.17. The molecule has 1 N–H and O–H groups in total. The lowest BCUT2D eigenvalue weighted by atomic mass is 9.88. The van der Waals surface area contributed by atoms with Crippen LogP contribution in [0.1, 0.15) is 39.7 Å². The molecule has 0 aliphatic heterocycles. The molecule has 0 spiro atoms. The van der Waals surface area contributed by atoms with Gasteiger partial charge >= 0.3 is 0 Å². The van der Waals surface area contributed by atoms with E-state index in [1.54, 1.807) is 0 Å². The maximum absolute atomic E-state index is 6.02. The lowest BCUT2D eigenvalue weighted by Gasteiger charge is -2.37. The monoisotopic (exact) mass is 327 g/mol. The zero-order valence-corrected chi connectivity index (χ0v) is 14.1. The van der Waals surface area contributed by atoms with Crippen molar-refractivity contribution in [2.24, 2.45) is 0 Å². The van der Waals surface area contributed by atoms with Crippen molar-refractivity contribution in [2.75, 3.05) is 13.2 Å². The van der Waals surface area contributed by atoms with Crippen LogP contribution in [0.15, 0.2) is 28.7 Å². The summed E-state index contributed by atoms with van der Waals surface area (Å²) in [5, 5.41) is 3.59. The topological polar surface area (TPSA) is 21.3 Å². The summed E-state index contributed by atoms with van der Waals surface area (Å²) in [5.74, 6) is 0. The fourth-order valence-corrected chi connectivity index (χ4v) is 2.65. The second-order valence-electron chi connectivity index (χ2n) is 5.04. The minimum atomic E-state index is -0.113. The van der Waals surface area contributed by atoms with Crippen LogP contribution < -0.4 is 5.32 Å². The summed E-state index contributed by atoms with van der Waals surface area (Å²) in [7, 11) is 0. The Morgan fingerprint density at radius 3 is 2.32 bits per heavy atom. The van der Waals surface area contributed by atoms with Gasteiger partial charge in [-0.2, -0.15) is 0 Å². The van der Waals surface area contributed by atoms with Gasteiger partial charge in [0.15, 0.2) is 0 Å². The number of ether oxygens (including phenoxy) is 1. The molecule has 0 aliphatic carbocycles. The van der Waals surface area contributed by atoms with Crippen LogP contribution in [0.3, 0.4) is 0 Å². The largest absolute Gasteiger partial charge is 0.374 e. The van der Waals surface area contributed by atoms with Gasteiger partial charge in [0.2, 0.25) is 0 Å². The molecule has 0 aliphatic rings. The molecule has 2 atom stereocenters. The lowest BCUT2D eigenvalue weighted by molar-refractivity contribution is -0.0546. The van der Waals surface area contributed by atoms with E-state index in [0.717, 1.165) is 30.5 Å². The van der Waals surface area contributed by atoms with Crippen molar-refractivity contribution in [3.63, 3.8) is 0 Å². The summed E-state index contributed by atoms with van der Waals surface area (Å²) in [6.07, 6.45) is 2.00. The summed E-state index contributed by atoms with van der Waals surface area (Å²) >= 11 is 3.48.